The number of anilines is 1. The van der Waals surface area contributed by atoms with Crippen LogP contribution in [0.15, 0.2) is 6.20 Å². The fourth-order valence-corrected chi connectivity index (χ4v) is 6.29. The molecule has 3 heterocycles. The van der Waals surface area contributed by atoms with E-state index in [9.17, 15) is 4.79 Å². The number of nitrogens with zero attached hydrogens (tertiary/aromatic N) is 4. The second kappa shape index (κ2) is 12.7. The second-order valence-electron chi connectivity index (χ2n) is 8.58. The van der Waals surface area contributed by atoms with Gasteiger partial charge in [-0.2, -0.15) is 0 Å². The van der Waals surface area contributed by atoms with E-state index in [1.807, 2.05) is 18.3 Å². The van der Waals surface area contributed by atoms with Crippen LogP contribution in [0.1, 0.15) is 73.3 Å². The molecule has 0 atom stereocenters. The molecule has 1 amide bonds. The minimum absolute atomic E-state index is 0.149. The Bertz CT molecular complexity index is 839. The van der Waals surface area contributed by atoms with E-state index in [0.717, 1.165) is 48.9 Å². The molecule has 4 rings (SSSR count). The molecule has 0 spiro atoms. The molecule has 0 radical (unpaired) electrons. The topological polar surface area (TPSA) is 61.4 Å². The molecule has 0 unspecified atom stereocenters. The van der Waals surface area contributed by atoms with Gasteiger partial charge >= 0.3 is 0 Å². The van der Waals surface area contributed by atoms with Crippen LogP contribution < -0.4 is 10.2 Å². The lowest BCUT2D eigenvalue weighted by atomic mass is 9.95. The van der Waals surface area contributed by atoms with Crippen molar-refractivity contribution in [1.82, 2.24) is 20.2 Å². The number of amides is 1. The number of likely N-dealkylation sites (N-methyl/N-ethyl adjacent to an activating group) is 1. The first-order chi connectivity index (χ1) is 15.5. The summed E-state index contributed by atoms with van der Waals surface area (Å²) in [6, 6.07) is 0.412. The predicted octanol–water partition coefficient (Wildman–Crippen LogP) is 4.81. The van der Waals surface area contributed by atoms with Crippen LogP contribution in [0, 0.1) is 6.92 Å². The number of hydrogen-bond acceptors (Lipinski definition) is 7. The zero-order chi connectivity index (χ0) is 22.9. The monoisotopic (exact) mass is 477 g/mol. The number of carbonyl (C=O) groups is 1. The third kappa shape index (κ3) is 7.25. The Labute approximate surface area is 201 Å². The Morgan fingerprint density at radius 1 is 1.19 bits per heavy atom. The molecule has 1 aliphatic carbocycles. The number of fused-ring (bicyclic) bond motifs is 1. The van der Waals surface area contributed by atoms with Gasteiger partial charge in [-0.1, -0.05) is 26.2 Å². The van der Waals surface area contributed by atoms with Gasteiger partial charge in [-0.3, -0.25) is 9.69 Å². The van der Waals surface area contributed by atoms with E-state index in [2.05, 4.69) is 40.9 Å². The largest absolute Gasteiger partial charge is 0.353 e. The van der Waals surface area contributed by atoms with Crippen LogP contribution in [0.2, 0.25) is 0 Å². The predicted molar refractivity (Wildman–Crippen MR) is 136 cm³/mol. The van der Waals surface area contributed by atoms with E-state index in [4.69, 9.17) is 4.98 Å². The van der Waals surface area contributed by atoms with E-state index in [0.29, 0.717) is 12.5 Å². The van der Waals surface area contributed by atoms with Gasteiger partial charge in [-0.25, -0.2) is 9.97 Å². The van der Waals surface area contributed by atoms with Crippen molar-refractivity contribution in [1.29, 1.82) is 0 Å². The number of rotatable bonds is 7. The van der Waals surface area contributed by atoms with Gasteiger partial charge in [0, 0.05) is 48.2 Å². The summed E-state index contributed by atoms with van der Waals surface area (Å²) in [4.78, 5) is 28.1. The summed E-state index contributed by atoms with van der Waals surface area (Å²) in [5.41, 5.74) is 1.32. The number of nitrogens with one attached hydrogen (secondary N) is 1. The minimum Gasteiger partial charge on any atom is -0.353 e. The zero-order valence-corrected chi connectivity index (χ0v) is 21.8. The fourth-order valence-electron chi connectivity index (χ4n) is 4.31. The Morgan fingerprint density at radius 2 is 1.94 bits per heavy atom. The van der Waals surface area contributed by atoms with Crippen LogP contribution in [0.25, 0.3) is 0 Å². The Morgan fingerprint density at radius 3 is 2.56 bits per heavy atom. The van der Waals surface area contributed by atoms with Crippen molar-refractivity contribution < 1.29 is 4.79 Å². The molecule has 0 bridgehead atoms. The summed E-state index contributed by atoms with van der Waals surface area (Å²) in [6.07, 6.45) is 9.60. The quantitative estimate of drug-likeness (QED) is 0.620. The molecule has 2 aliphatic rings. The number of hydrogen-bond donors (Lipinski definition) is 1. The third-order valence-corrected chi connectivity index (χ3v) is 8.38. The summed E-state index contributed by atoms with van der Waals surface area (Å²) in [6.45, 7) is 14.1. The van der Waals surface area contributed by atoms with Gasteiger partial charge in [0.15, 0.2) is 5.13 Å². The van der Waals surface area contributed by atoms with E-state index >= 15 is 0 Å². The maximum atomic E-state index is 11.8. The molecule has 2 aromatic rings. The molecule has 0 aromatic carbocycles. The maximum absolute atomic E-state index is 11.8. The van der Waals surface area contributed by atoms with Crippen molar-refractivity contribution in [3.05, 3.63) is 26.7 Å². The highest BCUT2D eigenvalue weighted by molar-refractivity contribution is 7.15. The van der Waals surface area contributed by atoms with Crippen molar-refractivity contribution in [2.75, 3.05) is 31.1 Å². The Balaban J connectivity index is 0.000000181. The summed E-state index contributed by atoms with van der Waals surface area (Å²) in [7, 11) is 0. The van der Waals surface area contributed by atoms with Gasteiger partial charge in [0.2, 0.25) is 5.91 Å². The van der Waals surface area contributed by atoms with Crippen LogP contribution in [0.4, 0.5) is 5.13 Å². The number of thiazole rings is 2. The fraction of sp³-hybridized carbons (Fsp3) is 0.708. The molecular formula is C24H39N5OS2. The lowest BCUT2D eigenvalue weighted by Crippen LogP contribution is -2.36. The first-order valence-corrected chi connectivity index (χ1v) is 13.8. The van der Waals surface area contributed by atoms with Crippen molar-refractivity contribution >= 4 is 33.7 Å². The summed E-state index contributed by atoms with van der Waals surface area (Å²) in [5, 5.41) is 5.36. The maximum Gasteiger partial charge on any atom is 0.225 e. The van der Waals surface area contributed by atoms with Crippen LogP contribution in [0.3, 0.4) is 0 Å². The highest BCUT2D eigenvalue weighted by Gasteiger charge is 2.21. The highest BCUT2D eigenvalue weighted by Crippen LogP contribution is 2.30. The van der Waals surface area contributed by atoms with E-state index in [1.165, 1.54) is 47.9 Å². The summed E-state index contributed by atoms with van der Waals surface area (Å²) < 4.78 is 0. The first-order valence-electron chi connectivity index (χ1n) is 12.2. The smallest absolute Gasteiger partial charge is 0.225 e. The van der Waals surface area contributed by atoms with Gasteiger partial charge in [-0.15, -0.1) is 22.7 Å². The molecule has 1 saturated carbocycles. The number of aromatic nitrogens is 2. The van der Waals surface area contributed by atoms with Crippen LogP contribution >= 0.6 is 22.7 Å². The second-order valence-corrected chi connectivity index (χ2v) is 11.0. The molecule has 6 nitrogen and oxygen atoms in total. The van der Waals surface area contributed by atoms with Crippen molar-refractivity contribution in [2.45, 2.75) is 85.2 Å². The molecular weight excluding hydrogens is 438 g/mol. The summed E-state index contributed by atoms with van der Waals surface area (Å²) >= 11 is 3.50. The first kappa shape index (κ1) is 25.1. The average molecular weight is 478 g/mol. The molecule has 1 aliphatic heterocycles. The summed E-state index contributed by atoms with van der Waals surface area (Å²) in [5.74, 6) is 0.149. The van der Waals surface area contributed by atoms with E-state index < -0.39 is 0 Å². The van der Waals surface area contributed by atoms with E-state index in [1.54, 1.807) is 17.5 Å². The number of carbonyl (C=O) groups excluding carboxylic acids is 1. The lowest BCUT2D eigenvalue weighted by molar-refractivity contribution is -0.121. The van der Waals surface area contributed by atoms with Gasteiger partial charge in [-0.05, 0) is 46.6 Å². The molecule has 178 valence electrons. The standard InChI is InChI=1S/C12H21N3S.C12H18N2OS/c1-4-14-8-7-11-10(9-14)13-12(16-11)15(5-2)6-3;1-9-13-8-11(16-9)7-12(15)14-10-5-3-2-4-6-10/h4-9H2,1-3H3;8,10H,2-7H2,1H3,(H,14,15). The van der Waals surface area contributed by atoms with Crippen molar-refractivity contribution in [3.63, 3.8) is 0 Å². The van der Waals surface area contributed by atoms with Crippen molar-refractivity contribution in [3.8, 4) is 0 Å². The normalized spacial score (nSPS) is 16.8. The molecule has 1 N–H and O–H groups in total. The van der Waals surface area contributed by atoms with E-state index in [-0.39, 0.29) is 5.91 Å². The zero-order valence-electron chi connectivity index (χ0n) is 20.2. The lowest BCUT2D eigenvalue weighted by Gasteiger charge is -2.23. The van der Waals surface area contributed by atoms with Gasteiger partial charge in [0.05, 0.1) is 17.1 Å². The van der Waals surface area contributed by atoms with Crippen LogP contribution in [-0.2, 0) is 24.2 Å². The van der Waals surface area contributed by atoms with Gasteiger partial charge in [0.1, 0.15) is 0 Å². The van der Waals surface area contributed by atoms with Crippen LogP contribution in [0.5, 0.6) is 0 Å². The Kier molecular flexibility index (Phi) is 9.93. The highest BCUT2D eigenvalue weighted by atomic mass is 32.1. The molecule has 1 fully saturated rings. The molecule has 32 heavy (non-hydrogen) atoms. The SMILES string of the molecule is CCN1CCc2sc(N(CC)CC)nc2C1.Cc1ncc(CC(=O)NC2CCCCC2)s1. The van der Waals surface area contributed by atoms with Crippen LogP contribution in [-0.4, -0.2) is 53.0 Å². The molecule has 8 heteroatoms. The van der Waals surface area contributed by atoms with Gasteiger partial charge in [0.25, 0.3) is 0 Å². The van der Waals surface area contributed by atoms with Gasteiger partial charge < -0.3 is 10.2 Å². The number of aryl methyl sites for hydroxylation is 1. The Hall–Kier alpha value is -1.51. The van der Waals surface area contributed by atoms with Crippen molar-refractivity contribution in [2.24, 2.45) is 0 Å². The molecule has 0 saturated heterocycles. The third-order valence-electron chi connectivity index (χ3n) is 6.25. The average Bonchev–Trinajstić information content (AvgIpc) is 3.40. The molecule has 2 aromatic heterocycles. The minimum atomic E-state index is 0.149.